The first-order valence-corrected chi connectivity index (χ1v) is 10.5. The van der Waals surface area contributed by atoms with Crippen molar-refractivity contribution in [2.24, 2.45) is 0 Å². The van der Waals surface area contributed by atoms with Crippen LogP contribution in [0.2, 0.25) is 0 Å². The lowest BCUT2D eigenvalue weighted by molar-refractivity contribution is 0.0950. The zero-order valence-electron chi connectivity index (χ0n) is 16.2. The minimum Gasteiger partial charge on any atom is -0.497 e. The maximum Gasteiger partial charge on any atom is 0.261 e. The Labute approximate surface area is 170 Å². The molecule has 3 aromatic carbocycles. The molecular formula is C22H22N2O4S. The van der Waals surface area contributed by atoms with E-state index in [0.29, 0.717) is 12.2 Å². The molecule has 0 aromatic heterocycles. The molecule has 0 unspecified atom stereocenters. The predicted octanol–water partition coefficient (Wildman–Crippen LogP) is 3.73. The summed E-state index contributed by atoms with van der Waals surface area (Å²) in [5.74, 6) is 0.382. The zero-order valence-corrected chi connectivity index (χ0v) is 17.0. The maximum absolute atomic E-state index is 12.6. The zero-order chi connectivity index (χ0) is 20.9. The van der Waals surface area contributed by atoms with Crippen LogP contribution in [0, 0.1) is 6.92 Å². The Kier molecular flexibility index (Phi) is 6.19. The van der Waals surface area contributed by atoms with E-state index < -0.39 is 10.0 Å². The van der Waals surface area contributed by atoms with Gasteiger partial charge in [-0.25, -0.2) is 8.42 Å². The average molecular weight is 410 g/mol. The number of sulfonamides is 1. The van der Waals surface area contributed by atoms with Crippen LogP contribution in [0.3, 0.4) is 0 Å². The minimum absolute atomic E-state index is 0.0233. The highest BCUT2D eigenvalue weighted by Crippen LogP contribution is 2.18. The van der Waals surface area contributed by atoms with Gasteiger partial charge in [-0.2, -0.15) is 0 Å². The number of hydrogen-bond donors (Lipinski definition) is 2. The molecule has 0 saturated heterocycles. The molecule has 1 amide bonds. The van der Waals surface area contributed by atoms with Crippen LogP contribution in [0.5, 0.6) is 5.75 Å². The molecule has 0 bridgehead atoms. The Balaban J connectivity index is 1.70. The Morgan fingerprint density at radius 1 is 0.966 bits per heavy atom. The van der Waals surface area contributed by atoms with Gasteiger partial charge in [-0.1, -0.05) is 35.9 Å². The van der Waals surface area contributed by atoms with E-state index in [4.69, 9.17) is 4.74 Å². The van der Waals surface area contributed by atoms with Crippen molar-refractivity contribution in [3.63, 3.8) is 0 Å². The number of hydrogen-bond acceptors (Lipinski definition) is 4. The number of carbonyl (C=O) groups is 1. The molecule has 150 valence electrons. The third kappa shape index (κ3) is 5.36. The van der Waals surface area contributed by atoms with Gasteiger partial charge in [0, 0.05) is 17.8 Å². The second-order valence-corrected chi connectivity index (χ2v) is 8.21. The summed E-state index contributed by atoms with van der Waals surface area (Å²) in [5, 5.41) is 2.79. The van der Waals surface area contributed by atoms with Crippen LogP contribution < -0.4 is 14.8 Å². The summed E-state index contributed by atoms with van der Waals surface area (Å²) in [4.78, 5) is 12.5. The van der Waals surface area contributed by atoms with Gasteiger partial charge in [-0.3, -0.25) is 9.52 Å². The number of aryl methyl sites for hydroxylation is 1. The molecule has 0 radical (unpaired) electrons. The summed E-state index contributed by atoms with van der Waals surface area (Å²) in [6.07, 6.45) is 0. The number of carbonyl (C=O) groups excluding carboxylic acids is 1. The van der Waals surface area contributed by atoms with E-state index in [-0.39, 0.29) is 16.4 Å². The quantitative estimate of drug-likeness (QED) is 0.622. The lowest BCUT2D eigenvalue weighted by Crippen LogP contribution is -2.23. The molecule has 0 heterocycles. The van der Waals surface area contributed by atoms with Gasteiger partial charge < -0.3 is 10.1 Å². The van der Waals surface area contributed by atoms with Gasteiger partial charge in [-0.15, -0.1) is 0 Å². The van der Waals surface area contributed by atoms with Crippen molar-refractivity contribution in [3.05, 3.63) is 89.5 Å². The van der Waals surface area contributed by atoms with Crippen molar-refractivity contribution in [1.82, 2.24) is 5.32 Å². The smallest absolute Gasteiger partial charge is 0.261 e. The summed E-state index contributed by atoms with van der Waals surface area (Å²) in [5.41, 5.74) is 2.67. The van der Waals surface area contributed by atoms with Gasteiger partial charge in [0.1, 0.15) is 5.75 Å². The van der Waals surface area contributed by atoms with E-state index in [1.807, 2.05) is 43.3 Å². The molecule has 0 aliphatic heterocycles. The number of ether oxygens (including phenoxy) is 1. The van der Waals surface area contributed by atoms with Crippen molar-refractivity contribution in [2.45, 2.75) is 18.4 Å². The van der Waals surface area contributed by atoms with E-state index >= 15 is 0 Å². The number of anilines is 1. The van der Waals surface area contributed by atoms with Gasteiger partial charge in [0.25, 0.3) is 15.9 Å². The molecule has 7 heteroatoms. The van der Waals surface area contributed by atoms with Crippen molar-refractivity contribution in [1.29, 1.82) is 0 Å². The minimum atomic E-state index is -3.80. The predicted molar refractivity (Wildman–Crippen MR) is 113 cm³/mol. The molecule has 0 spiro atoms. The van der Waals surface area contributed by atoms with Crippen LogP contribution >= 0.6 is 0 Å². The van der Waals surface area contributed by atoms with E-state index in [1.165, 1.54) is 12.1 Å². The SMILES string of the molecule is COc1ccc(CNC(=O)c2cccc(S(=O)(=O)Nc3ccc(C)cc3)c2)cc1. The van der Waals surface area contributed by atoms with Crippen molar-refractivity contribution in [2.75, 3.05) is 11.8 Å². The third-order valence-corrected chi connectivity index (χ3v) is 5.70. The fraction of sp³-hybridized carbons (Fsp3) is 0.136. The molecule has 29 heavy (non-hydrogen) atoms. The summed E-state index contributed by atoms with van der Waals surface area (Å²) in [6.45, 7) is 2.24. The standard InChI is InChI=1S/C22H22N2O4S/c1-16-6-10-19(11-7-16)24-29(26,27)21-5-3-4-18(14-21)22(25)23-15-17-8-12-20(28-2)13-9-17/h3-14,24H,15H2,1-2H3,(H,23,25). The summed E-state index contributed by atoms with van der Waals surface area (Å²) in [7, 11) is -2.21. The second-order valence-electron chi connectivity index (χ2n) is 6.53. The molecule has 0 fully saturated rings. The number of benzene rings is 3. The monoisotopic (exact) mass is 410 g/mol. The Hall–Kier alpha value is -3.32. The summed E-state index contributed by atoms with van der Waals surface area (Å²) in [6, 6.07) is 20.3. The highest BCUT2D eigenvalue weighted by atomic mass is 32.2. The number of nitrogens with one attached hydrogen (secondary N) is 2. The topological polar surface area (TPSA) is 84.5 Å². The molecule has 3 aromatic rings. The fourth-order valence-electron chi connectivity index (χ4n) is 2.67. The molecule has 0 aliphatic carbocycles. The summed E-state index contributed by atoms with van der Waals surface area (Å²) < 4.78 is 32.9. The lowest BCUT2D eigenvalue weighted by Gasteiger charge is -2.10. The normalized spacial score (nSPS) is 11.0. The highest BCUT2D eigenvalue weighted by molar-refractivity contribution is 7.92. The van der Waals surface area contributed by atoms with Crippen molar-refractivity contribution < 1.29 is 17.9 Å². The van der Waals surface area contributed by atoms with Crippen LogP contribution in [0.4, 0.5) is 5.69 Å². The molecular weight excluding hydrogens is 388 g/mol. The van der Waals surface area contributed by atoms with Gasteiger partial charge >= 0.3 is 0 Å². The largest absolute Gasteiger partial charge is 0.497 e. The van der Waals surface area contributed by atoms with E-state index in [9.17, 15) is 13.2 Å². The van der Waals surface area contributed by atoms with Crippen molar-refractivity contribution in [3.8, 4) is 5.75 Å². The van der Waals surface area contributed by atoms with Gasteiger partial charge in [0.2, 0.25) is 0 Å². The van der Waals surface area contributed by atoms with Crippen LogP contribution in [-0.4, -0.2) is 21.4 Å². The first kappa shape index (κ1) is 20.4. The van der Waals surface area contributed by atoms with E-state index in [1.54, 1.807) is 31.4 Å². The van der Waals surface area contributed by atoms with Gasteiger partial charge in [0.15, 0.2) is 0 Å². The molecule has 3 rings (SSSR count). The number of methoxy groups -OCH3 is 1. The Bertz CT molecular complexity index is 1090. The van der Waals surface area contributed by atoms with Gasteiger partial charge in [-0.05, 0) is 55.0 Å². The van der Waals surface area contributed by atoms with Crippen LogP contribution in [0.15, 0.2) is 77.7 Å². The molecule has 6 nitrogen and oxygen atoms in total. The fourth-order valence-corrected chi connectivity index (χ4v) is 3.77. The highest BCUT2D eigenvalue weighted by Gasteiger charge is 2.16. The van der Waals surface area contributed by atoms with Crippen LogP contribution in [0.25, 0.3) is 0 Å². The maximum atomic E-state index is 12.6. The molecule has 2 N–H and O–H groups in total. The number of amides is 1. The molecule has 0 aliphatic rings. The lowest BCUT2D eigenvalue weighted by atomic mass is 10.2. The van der Waals surface area contributed by atoms with Crippen molar-refractivity contribution >= 4 is 21.6 Å². The van der Waals surface area contributed by atoms with Crippen LogP contribution in [0.1, 0.15) is 21.5 Å². The first-order chi connectivity index (χ1) is 13.9. The summed E-state index contributed by atoms with van der Waals surface area (Å²) >= 11 is 0. The van der Waals surface area contributed by atoms with Gasteiger partial charge in [0.05, 0.1) is 12.0 Å². The molecule has 0 saturated carbocycles. The average Bonchev–Trinajstić information content (AvgIpc) is 2.74. The Morgan fingerprint density at radius 3 is 2.31 bits per heavy atom. The molecule has 0 atom stereocenters. The number of rotatable bonds is 7. The Morgan fingerprint density at radius 2 is 1.66 bits per heavy atom. The third-order valence-electron chi connectivity index (χ3n) is 4.32. The second kappa shape index (κ2) is 8.79. The van der Waals surface area contributed by atoms with E-state index in [2.05, 4.69) is 10.0 Å². The first-order valence-electron chi connectivity index (χ1n) is 8.98. The van der Waals surface area contributed by atoms with E-state index in [0.717, 1.165) is 16.9 Å². The van der Waals surface area contributed by atoms with Crippen LogP contribution in [-0.2, 0) is 16.6 Å².